The largest absolute Gasteiger partial charge is 0.378 e. The van der Waals surface area contributed by atoms with Gasteiger partial charge in [0.25, 0.3) is 0 Å². The molecule has 70 valence electrons. The minimum Gasteiger partial charge on any atom is -0.378 e. The normalized spacial score (nSPS) is 35.2. The first-order chi connectivity index (χ1) is 5.83. The van der Waals surface area contributed by atoms with Crippen molar-refractivity contribution in [1.82, 2.24) is 0 Å². The van der Waals surface area contributed by atoms with E-state index in [2.05, 4.69) is 6.92 Å². The Morgan fingerprint density at radius 2 is 1.67 bits per heavy atom. The first-order valence-electron chi connectivity index (χ1n) is 5.45. The summed E-state index contributed by atoms with van der Waals surface area (Å²) in [5, 5.41) is 0. The Morgan fingerprint density at radius 1 is 1.00 bits per heavy atom. The lowest BCUT2D eigenvalue weighted by Gasteiger charge is -2.45. The standard InChI is InChI=1S/C11H20O/c1-10-11(8-5-9-12-10)6-3-2-4-7-11/h10H,2-9H2,1H3. The fraction of sp³-hybridized carbons (Fsp3) is 1.00. The van der Waals surface area contributed by atoms with Gasteiger partial charge in [-0.05, 0) is 38.0 Å². The molecule has 1 aliphatic carbocycles. The maximum atomic E-state index is 5.77. The molecule has 1 nitrogen and oxygen atoms in total. The second-order valence-corrected chi connectivity index (χ2v) is 4.54. The average molecular weight is 168 g/mol. The monoisotopic (exact) mass is 168 g/mol. The van der Waals surface area contributed by atoms with Gasteiger partial charge in [0.15, 0.2) is 0 Å². The van der Waals surface area contributed by atoms with Crippen LogP contribution in [0.15, 0.2) is 0 Å². The van der Waals surface area contributed by atoms with Gasteiger partial charge < -0.3 is 4.74 Å². The lowest BCUT2D eigenvalue weighted by atomic mass is 9.67. The van der Waals surface area contributed by atoms with Crippen LogP contribution in [0.25, 0.3) is 0 Å². The smallest absolute Gasteiger partial charge is 0.0603 e. The Hall–Kier alpha value is -0.0400. The highest BCUT2D eigenvalue weighted by Crippen LogP contribution is 2.46. The van der Waals surface area contributed by atoms with Crippen LogP contribution >= 0.6 is 0 Å². The molecule has 0 bridgehead atoms. The zero-order valence-electron chi connectivity index (χ0n) is 8.14. The van der Waals surface area contributed by atoms with Crippen molar-refractivity contribution < 1.29 is 4.74 Å². The third kappa shape index (κ3) is 1.39. The Bertz CT molecular complexity index is 139. The van der Waals surface area contributed by atoms with Crippen LogP contribution in [0.3, 0.4) is 0 Å². The molecule has 0 N–H and O–H groups in total. The van der Waals surface area contributed by atoms with Gasteiger partial charge in [-0.2, -0.15) is 0 Å². The van der Waals surface area contributed by atoms with Gasteiger partial charge in [0.2, 0.25) is 0 Å². The van der Waals surface area contributed by atoms with Gasteiger partial charge >= 0.3 is 0 Å². The van der Waals surface area contributed by atoms with E-state index in [1.54, 1.807) is 0 Å². The third-order valence-corrected chi connectivity index (χ3v) is 3.90. The highest BCUT2D eigenvalue weighted by atomic mass is 16.5. The second kappa shape index (κ2) is 3.37. The summed E-state index contributed by atoms with van der Waals surface area (Å²) in [6, 6.07) is 0. The molecule has 1 aliphatic heterocycles. The molecule has 1 atom stereocenters. The summed E-state index contributed by atoms with van der Waals surface area (Å²) in [5.74, 6) is 0. The van der Waals surface area contributed by atoms with Crippen LogP contribution in [0.2, 0.25) is 0 Å². The van der Waals surface area contributed by atoms with Crippen molar-refractivity contribution in [3.8, 4) is 0 Å². The number of rotatable bonds is 0. The Morgan fingerprint density at radius 3 is 2.33 bits per heavy atom. The minimum absolute atomic E-state index is 0.534. The molecular weight excluding hydrogens is 148 g/mol. The van der Waals surface area contributed by atoms with E-state index in [4.69, 9.17) is 4.74 Å². The fourth-order valence-electron chi connectivity index (χ4n) is 2.98. The van der Waals surface area contributed by atoms with Crippen molar-refractivity contribution in [1.29, 1.82) is 0 Å². The first-order valence-corrected chi connectivity index (χ1v) is 5.45. The summed E-state index contributed by atoms with van der Waals surface area (Å²) in [7, 11) is 0. The molecule has 0 aromatic heterocycles. The number of hydrogen-bond acceptors (Lipinski definition) is 1. The van der Waals surface area contributed by atoms with Gasteiger partial charge in [0, 0.05) is 6.61 Å². The minimum atomic E-state index is 0.534. The molecule has 1 heteroatoms. The van der Waals surface area contributed by atoms with Gasteiger partial charge in [-0.1, -0.05) is 19.3 Å². The predicted molar refractivity (Wildman–Crippen MR) is 50.2 cm³/mol. The number of hydrogen-bond donors (Lipinski definition) is 0. The molecule has 1 spiro atoms. The van der Waals surface area contributed by atoms with E-state index in [9.17, 15) is 0 Å². The van der Waals surface area contributed by atoms with Gasteiger partial charge in [0.1, 0.15) is 0 Å². The van der Waals surface area contributed by atoms with Crippen molar-refractivity contribution in [3.05, 3.63) is 0 Å². The highest BCUT2D eigenvalue weighted by Gasteiger charge is 2.39. The average Bonchev–Trinajstić information content (AvgIpc) is 2.12. The zero-order valence-corrected chi connectivity index (χ0v) is 8.14. The van der Waals surface area contributed by atoms with E-state index >= 15 is 0 Å². The third-order valence-electron chi connectivity index (χ3n) is 3.90. The van der Waals surface area contributed by atoms with E-state index in [1.807, 2.05) is 0 Å². The van der Waals surface area contributed by atoms with Crippen LogP contribution in [0.4, 0.5) is 0 Å². The van der Waals surface area contributed by atoms with Crippen molar-refractivity contribution in [3.63, 3.8) is 0 Å². The molecule has 2 rings (SSSR count). The summed E-state index contributed by atoms with van der Waals surface area (Å²) in [6.07, 6.45) is 10.4. The Balaban J connectivity index is 2.04. The van der Waals surface area contributed by atoms with Gasteiger partial charge in [-0.3, -0.25) is 0 Å². The number of ether oxygens (including phenoxy) is 1. The van der Waals surface area contributed by atoms with Crippen LogP contribution in [0, 0.1) is 5.41 Å². The lowest BCUT2D eigenvalue weighted by Crippen LogP contribution is -2.40. The van der Waals surface area contributed by atoms with Crippen LogP contribution in [-0.2, 0) is 4.74 Å². The van der Waals surface area contributed by atoms with Crippen LogP contribution < -0.4 is 0 Å². The van der Waals surface area contributed by atoms with Crippen molar-refractivity contribution in [2.75, 3.05) is 6.61 Å². The van der Waals surface area contributed by atoms with E-state index in [-0.39, 0.29) is 0 Å². The molecule has 1 unspecified atom stereocenters. The predicted octanol–water partition coefficient (Wildman–Crippen LogP) is 3.14. The topological polar surface area (TPSA) is 9.23 Å². The van der Waals surface area contributed by atoms with E-state index in [1.165, 1.54) is 44.9 Å². The molecule has 2 aliphatic rings. The molecule has 1 saturated carbocycles. The van der Waals surface area contributed by atoms with Gasteiger partial charge in [-0.25, -0.2) is 0 Å². The van der Waals surface area contributed by atoms with Crippen LogP contribution in [0.5, 0.6) is 0 Å². The summed E-state index contributed by atoms with van der Waals surface area (Å²) >= 11 is 0. The second-order valence-electron chi connectivity index (χ2n) is 4.54. The summed E-state index contributed by atoms with van der Waals surface area (Å²) in [5.41, 5.74) is 0.594. The van der Waals surface area contributed by atoms with Crippen molar-refractivity contribution in [2.24, 2.45) is 5.41 Å². The lowest BCUT2D eigenvalue weighted by molar-refractivity contribution is -0.0903. The fourth-order valence-corrected chi connectivity index (χ4v) is 2.98. The van der Waals surface area contributed by atoms with Crippen LogP contribution in [-0.4, -0.2) is 12.7 Å². The molecular formula is C11H20O. The van der Waals surface area contributed by atoms with Gasteiger partial charge in [-0.15, -0.1) is 0 Å². The van der Waals surface area contributed by atoms with Crippen LogP contribution in [0.1, 0.15) is 51.9 Å². The summed E-state index contributed by atoms with van der Waals surface area (Å²) < 4.78 is 5.77. The molecule has 0 aromatic rings. The SMILES string of the molecule is CC1OCCCC12CCCCC2. The highest BCUT2D eigenvalue weighted by molar-refractivity contribution is 4.89. The zero-order chi connectivity index (χ0) is 8.44. The molecule has 0 radical (unpaired) electrons. The van der Waals surface area contributed by atoms with Crippen molar-refractivity contribution >= 4 is 0 Å². The molecule has 12 heavy (non-hydrogen) atoms. The van der Waals surface area contributed by atoms with E-state index in [0.717, 1.165) is 6.61 Å². The molecule has 2 fully saturated rings. The first kappa shape index (κ1) is 8.55. The van der Waals surface area contributed by atoms with Crippen molar-refractivity contribution in [2.45, 2.75) is 58.0 Å². The molecule has 1 heterocycles. The Kier molecular flexibility index (Phi) is 2.40. The molecule has 0 aromatic carbocycles. The Labute approximate surface area is 75.5 Å². The van der Waals surface area contributed by atoms with Gasteiger partial charge in [0.05, 0.1) is 6.10 Å². The molecule has 0 amide bonds. The van der Waals surface area contributed by atoms with E-state index < -0.39 is 0 Å². The maximum Gasteiger partial charge on any atom is 0.0603 e. The molecule has 1 saturated heterocycles. The summed E-state index contributed by atoms with van der Waals surface area (Å²) in [6.45, 7) is 3.29. The summed E-state index contributed by atoms with van der Waals surface area (Å²) in [4.78, 5) is 0. The maximum absolute atomic E-state index is 5.77. The van der Waals surface area contributed by atoms with E-state index in [0.29, 0.717) is 11.5 Å². The quantitative estimate of drug-likeness (QED) is 0.540.